The minimum atomic E-state index is -2.92. The van der Waals surface area contributed by atoms with Crippen LogP contribution in [0.1, 0.15) is 19.8 Å². The third-order valence-corrected chi connectivity index (χ3v) is 3.67. The van der Waals surface area contributed by atoms with Crippen molar-refractivity contribution in [3.8, 4) is 5.75 Å². The number of benzene rings is 1. The Morgan fingerprint density at radius 3 is 2.68 bits per heavy atom. The number of carbonyl (C=O) groups excluding carboxylic acids is 2. The maximum Gasteiger partial charge on any atom is 0.409 e. The zero-order chi connectivity index (χ0) is 18.2. The van der Waals surface area contributed by atoms with Crippen LogP contribution in [-0.2, 0) is 4.74 Å². The fraction of sp³-hybridized carbons (Fsp3) is 0.500. The van der Waals surface area contributed by atoms with Crippen LogP contribution in [0.3, 0.4) is 0 Å². The number of halogens is 2. The van der Waals surface area contributed by atoms with E-state index in [-0.39, 0.29) is 17.9 Å². The average molecular weight is 357 g/mol. The number of nitrogens with one attached hydrogen (secondary N) is 2. The van der Waals surface area contributed by atoms with E-state index in [1.165, 1.54) is 18.2 Å². The van der Waals surface area contributed by atoms with Crippen LogP contribution in [0.25, 0.3) is 0 Å². The highest BCUT2D eigenvalue weighted by Crippen LogP contribution is 2.19. The first kappa shape index (κ1) is 18.8. The van der Waals surface area contributed by atoms with E-state index in [2.05, 4.69) is 15.4 Å². The molecule has 1 aliphatic heterocycles. The van der Waals surface area contributed by atoms with E-state index in [0.717, 1.165) is 0 Å². The molecule has 0 aliphatic carbocycles. The molecule has 1 heterocycles. The highest BCUT2D eigenvalue weighted by molar-refractivity contribution is 5.89. The maximum absolute atomic E-state index is 12.2. The smallest absolute Gasteiger partial charge is 0.409 e. The second kappa shape index (κ2) is 9.05. The quantitative estimate of drug-likeness (QED) is 0.849. The summed E-state index contributed by atoms with van der Waals surface area (Å²) in [4.78, 5) is 25.2. The van der Waals surface area contributed by atoms with E-state index < -0.39 is 12.6 Å². The molecule has 7 nitrogen and oxygen atoms in total. The van der Waals surface area contributed by atoms with Gasteiger partial charge in [0.25, 0.3) is 0 Å². The van der Waals surface area contributed by atoms with Gasteiger partial charge in [-0.3, -0.25) is 0 Å². The van der Waals surface area contributed by atoms with Gasteiger partial charge in [-0.25, -0.2) is 9.59 Å². The van der Waals surface area contributed by atoms with Gasteiger partial charge in [-0.2, -0.15) is 8.78 Å². The van der Waals surface area contributed by atoms with Crippen LogP contribution in [0.4, 0.5) is 24.1 Å². The summed E-state index contributed by atoms with van der Waals surface area (Å²) in [6, 6.07) is 5.25. The number of rotatable bonds is 5. The van der Waals surface area contributed by atoms with Crippen LogP contribution in [0.5, 0.6) is 5.75 Å². The van der Waals surface area contributed by atoms with E-state index >= 15 is 0 Å². The van der Waals surface area contributed by atoms with Crippen LogP contribution in [0.15, 0.2) is 24.3 Å². The van der Waals surface area contributed by atoms with Gasteiger partial charge in [0.15, 0.2) is 0 Å². The van der Waals surface area contributed by atoms with Crippen molar-refractivity contribution in [3.05, 3.63) is 24.3 Å². The number of ether oxygens (including phenoxy) is 2. The summed E-state index contributed by atoms with van der Waals surface area (Å²) < 4.78 is 33.6. The SMILES string of the molecule is CCOC(=O)N1CCC(NC(=O)Nc2cccc(OC(F)F)c2)CC1. The largest absolute Gasteiger partial charge is 0.450 e. The number of nitrogens with zero attached hydrogens (tertiary/aromatic N) is 1. The first-order valence-electron chi connectivity index (χ1n) is 8.02. The monoisotopic (exact) mass is 357 g/mol. The molecule has 2 N–H and O–H groups in total. The number of likely N-dealkylation sites (tertiary alicyclic amines) is 1. The lowest BCUT2D eigenvalue weighted by Gasteiger charge is -2.31. The number of anilines is 1. The van der Waals surface area contributed by atoms with Crippen LogP contribution < -0.4 is 15.4 Å². The summed E-state index contributed by atoms with van der Waals surface area (Å²) in [6.07, 6.45) is 0.878. The molecule has 9 heteroatoms. The van der Waals surface area contributed by atoms with Crippen molar-refractivity contribution in [2.24, 2.45) is 0 Å². The summed E-state index contributed by atoms with van der Waals surface area (Å²) in [7, 11) is 0. The van der Waals surface area contributed by atoms with Crippen molar-refractivity contribution < 1.29 is 27.8 Å². The topological polar surface area (TPSA) is 79.9 Å². The molecular formula is C16H21F2N3O4. The van der Waals surface area contributed by atoms with E-state index in [4.69, 9.17) is 4.74 Å². The van der Waals surface area contributed by atoms with Crippen molar-refractivity contribution in [3.63, 3.8) is 0 Å². The third kappa shape index (κ3) is 6.09. The van der Waals surface area contributed by atoms with Crippen molar-refractivity contribution in [1.29, 1.82) is 0 Å². The Morgan fingerprint density at radius 1 is 1.32 bits per heavy atom. The van der Waals surface area contributed by atoms with Crippen molar-refractivity contribution >= 4 is 17.8 Å². The first-order valence-corrected chi connectivity index (χ1v) is 8.02. The zero-order valence-electron chi connectivity index (χ0n) is 13.8. The lowest BCUT2D eigenvalue weighted by Crippen LogP contribution is -2.47. The summed E-state index contributed by atoms with van der Waals surface area (Å²) >= 11 is 0. The second-order valence-corrected chi connectivity index (χ2v) is 5.47. The van der Waals surface area contributed by atoms with Gasteiger partial charge in [0.2, 0.25) is 0 Å². The number of amides is 3. The molecule has 0 unspecified atom stereocenters. The van der Waals surface area contributed by atoms with Crippen molar-refractivity contribution in [2.45, 2.75) is 32.4 Å². The van der Waals surface area contributed by atoms with Crippen LogP contribution in [0.2, 0.25) is 0 Å². The summed E-state index contributed by atoms with van der Waals surface area (Å²) in [5.74, 6) is -0.0319. The number of hydrogen-bond acceptors (Lipinski definition) is 4. The zero-order valence-corrected chi connectivity index (χ0v) is 13.8. The molecule has 3 amide bonds. The molecule has 0 aromatic heterocycles. The van der Waals surface area contributed by atoms with Gasteiger partial charge in [-0.15, -0.1) is 0 Å². The molecule has 0 radical (unpaired) electrons. The summed E-state index contributed by atoms with van der Waals surface area (Å²) in [5, 5.41) is 5.38. The molecule has 1 aromatic rings. The molecule has 1 aromatic carbocycles. The molecule has 0 spiro atoms. The molecule has 0 bridgehead atoms. The minimum Gasteiger partial charge on any atom is -0.450 e. The molecule has 2 rings (SSSR count). The molecular weight excluding hydrogens is 336 g/mol. The Morgan fingerprint density at radius 2 is 2.04 bits per heavy atom. The normalized spacial score (nSPS) is 15.0. The Hall–Kier alpha value is -2.58. The maximum atomic E-state index is 12.2. The van der Waals surface area contributed by atoms with Crippen molar-refractivity contribution in [1.82, 2.24) is 10.2 Å². The van der Waals surface area contributed by atoms with Gasteiger partial charge in [0, 0.05) is 30.9 Å². The number of hydrogen-bond donors (Lipinski definition) is 2. The highest BCUT2D eigenvalue weighted by Gasteiger charge is 2.24. The van der Waals surface area contributed by atoms with Crippen LogP contribution in [0, 0.1) is 0 Å². The predicted molar refractivity (Wildman–Crippen MR) is 86.8 cm³/mol. The van der Waals surface area contributed by atoms with Gasteiger partial charge in [-0.05, 0) is 31.9 Å². The van der Waals surface area contributed by atoms with Gasteiger partial charge in [0.05, 0.1) is 6.61 Å². The van der Waals surface area contributed by atoms with Crippen LogP contribution >= 0.6 is 0 Å². The molecule has 1 saturated heterocycles. The predicted octanol–water partition coefficient (Wildman–Crippen LogP) is 3.03. The summed E-state index contributed by atoms with van der Waals surface area (Å²) in [6.45, 7) is 0.155. The number of alkyl halides is 2. The Balaban J connectivity index is 1.79. The van der Waals surface area contributed by atoms with Gasteiger partial charge in [0.1, 0.15) is 5.75 Å². The lowest BCUT2D eigenvalue weighted by molar-refractivity contribution is -0.0498. The second-order valence-electron chi connectivity index (χ2n) is 5.47. The number of urea groups is 1. The third-order valence-electron chi connectivity index (χ3n) is 3.67. The minimum absolute atomic E-state index is 0.0319. The van der Waals surface area contributed by atoms with Crippen LogP contribution in [-0.4, -0.2) is 49.4 Å². The molecule has 1 aliphatic rings. The van der Waals surface area contributed by atoms with E-state index in [1.54, 1.807) is 17.9 Å². The standard InChI is InChI=1S/C16H21F2N3O4/c1-2-24-16(23)21-8-6-11(7-9-21)19-15(22)20-12-4-3-5-13(10-12)25-14(17)18/h3-5,10-11,14H,2,6-9H2,1H3,(H2,19,20,22). The lowest BCUT2D eigenvalue weighted by atomic mass is 10.1. The average Bonchev–Trinajstić information content (AvgIpc) is 2.55. The Bertz CT molecular complexity index is 592. The van der Waals surface area contributed by atoms with Crippen molar-refractivity contribution in [2.75, 3.05) is 25.0 Å². The van der Waals surface area contributed by atoms with E-state index in [1.807, 2.05) is 0 Å². The summed E-state index contributed by atoms with van der Waals surface area (Å²) in [5.41, 5.74) is 0.347. The Labute approximate surface area is 144 Å². The van der Waals surface area contributed by atoms with E-state index in [0.29, 0.717) is 38.2 Å². The van der Waals surface area contributed by atoms with Gasteiger partial charge in [-0.1, -0.05) is 6.07 Å². The Kier molecular flexibility index (Phi) is 6.79. The molecule has 1 fully saturated rings. The van der Waals surface area contributed by atoms with E-state index in [9.17, 15) is 18.4 Å². The highest BCUT2D eigenvalue weighted by atomic mass is 19.3. The fourth-order valence-electron chi connectivity index (χ4n) is 2.52. The van der Waals surface area contributed by atoms with Gasteiger partial charge < -0.3 is 25.0 Å². The molecule has 0 saturated carbocycles. The molecule has 138 valence electrons. The number of carbonyl (C=O) groups is 2. The first-order chi connectivity index (χ1) is 12.0. The van der Waals surface area contributed by atoms with Gasteiger partial charge >= 0.3 is 18.7 Å². The molecule has 0 atom stereocenters. The molecule has 25 heavy (non-hydrogen) atoms. The fourth-order valence-corrected chi connectivity index (χ4v) is 2.52. The number of piperidine rings is 1.